The molecule has 1 N–H and O–H groups in total. The molecule has 0 atom stereocenters. The van der Waals surface area contributed by atoms with Gasteiger partial charge in [0, 0.05) is 31.2 Å². The topological polar surface area (TPSA) is 45.2 Å². The first-order valence-electron chi connectivity index (χ1n) is 7.90. The van der Waals surface area contributed by atoms with E-state index in [9.17, 15) is 9.18 Å². The smallest absolute Gasteiger partial charge is 0.272 e. The summed E-state index contributed by atoms with van der Waals surface area (Å²) in [5.74, 6) is -0.453. The number of carbonyl (C=O) groups excluding carboxylic acids is 1. The summed E-state index contributed by atoms with van der Waals surface area (Å²) in [4.78, 5) is 18.4. The van der Waals surface area contributed by atoms with Crippen molar-refractivity contribution in [3.63, 3.8) is 0 Å². The molecule has 1 aromatic heterocycles. The summed E-state index contributed by atoms with van der Waals surface area (Å²) in [5.41, 5.74) is 2.87. The molecule has 25 heavy (non-hydrogen) atoms. The van der Waals surface area contributed by atoms with E-state index in [0.29, 0.717) is 12.2 Å². The summed E-state index contributed by atoms with van der Waals surface area (Å²) in [6.45, 7) is 0.511. The standard InChI is InChI=1S/C20H18FN3O/c1-24(14-15-5-3-2-4-6-15)20(25)19-13-18(11-12-22-19)23-17-9-7-16(21)8-10-17/h2-13H,14H2,1H3,(H,22,23). The molecule has 0 aliphatic carbocycles. The van der Waals surface area contributed by atoms with Crippen molar-refractivity contribution in [1.82, 2.24) is 9.88 Å². The van der Waals surface area contributed by atoms with Gasteiger partial charge in [-0.05, 0) is 42.0 Å². The van der Waals surface area contributed by atoms with E-state index in [4.69, 9.17) is 0 Å². The Kier molecular flexibility index (Phi) is 5.04. The van der Waals surface area contributed by atoms with E-state index in [-0.39, 0.29) is 11.7 Å². The highest BCUT2D eigenvalue weighted by Gasteiger charge is 2.14. The predicted molar refractivity (Wildman–Crippen MR) is 96.2 cm³/mol. The van der Waals surface area contributed by atoms with Crippen LogP contribution in [0.5, 0.6) is 0 Å². The number of hydrogen-bond acceptors (Lipinski definition) is 3. The van der Waals surface area contributed by atoms with Crippen LogP contribution in [0.15, 0.2) is 72.9 Å². The maximum atomic E-state index is 13.0. The molecule has 0 saturated carbocycles. The zero-order valence-corrected chi connectivity index (χ0v) is 13.8. The third-order valence-corrected chi connectivity index (χ3v) is 3.72. The number of pyridine rings is 1. The molecule has 0 radical (unpaired) electrons. The van der Waals surface area contributed by atoms with Crippen molar-refractivity contribution in [3.05, 3.63) is 90.0 Å². The van der Waals surface area contributed by atoms with Crippen molar-refractivity contribution in [3.8, 4) is 0 Å². The molecular weight excluding hydrogens is 317 g/mol. The number of aromatic nitrogens is 1. The van der Waals surface area contributed by atoms with Gasteiger partial charge in [-0.1, -0.05) is 30.3 Å². The molecule has 0 bridgehead atoms. The average Bonchev–Trinajstić information content (AvgIpc) is 2.64. The molecule has 1 amide bonds. The van der Waals surface area contributed by atoms with Crippen molar-refractivity contribution in [2.75, 3.05) is 12.4 Å². The van der Waals surface area contributed by atoms with Gasteiger partial charge in [-0.25, -0.2) is 4.39 Å². The Balaban J connectivity index is 1.71. The Morgan fingerprint density at radius 3 is 2.48 bits per heavy atom. The summed E-state index contributed by atoms with van der Waals surface area (Å²) >= 11 is 0. The highest BCUT2D eigenvalue weighted by atomic mass is 19.1. The van der Waals surface area contributed by atoms with Gasteiger partial charge in [0.25, 0.3) is 5.91 Å². The fourth-order valence-electron chi connectivity index (χ4n) is 2.45. The lowest BCUT2D eigenvalue weighted by Gasteiger charge is -2.17. The highest BCUT2D eigenvalue weighted by Crippen LogP contribution is 2.18. The van der Waals surface area contributed by atoms with Gasteiger partial charge in [-0.15, -0.1) is 0 Å². The van der Waals surface area contributed by atoms with E-state index in [2.05, 4.69) is 10.3 Å². The second-order valence-corrected chi connectivity index (χ2v) is 5.71. The molecule has 1 heterocycles. The normalized spacial score (nSPS) is 10.3. The lowest BCUT2D eigenvalue weighted by atomic mass is 10.2. The number of halogens is 1. The molecule has 0 unspecified atom stereocenters. The maximum Gasteiger partial charge on any atom is 0.272 e. The minimum Gasteiger partial charge on any atom is -0.355 e. The molecule has 0 fully saturated rings. The number of nitrogens with zero attached hydrogens (tertiary/aromatic N) is 2. The number of amides is 1. The zero-order chi connectivity index (χ0) is 17.6. The van der Waals surface area contributed by atoms with Crippen molar-refractivity contribution < 1.29 is 9.18 Å². The van der Waals surface area contributed by atoms with Gasteiger partial charge in [0.1, 0.15) is 11.5 Å². The van der Waals surface area contributed by atoms with E-state index >= 15 is 0 Å². The molecule has 0 aliphatic heterocycles. The van der Waals surface area contributed by atoms with Crippen LogP contribution in [0.3, 0.4) is 0 Å². The fraction of sp³-hybridized carbons (Fsp3) is 0.100. The summed E-state index contributed by atoms with van der Waals surface area (Å²) in [6.07, 6.45) is 1.58. The molecule has 3 rings (SSSR count). The largest absolute Gasteiger partial charge is 0.355 e. The fourth-order valence-corrected chi connectivity index (χ4v) is 2.45. The van der Waals surface area contributed by atoms with Crippen LogP contribution in [-0.4, -0.2) is 22.8 Å². The summed E-state index contributed by atoms with van der Waals surface area (Å²) < 4.78 is 13.0. The number of anilines is 2. The Hall–Kier alpha value is -3.21. The van der Waals surface area contributed by atoms with Crippen LogP contribution in [0, 0.1) is 5.82 Å². The Bertz CT molecular complexity index is 850. The molecule has 126 valence electrons. The average molecular weight is 335 g/mol. The number of benzene rings is 2. The Labute approximate surface area is 145 Å². The molecule has 0 aliphatic rings. The lowest BCUT2D eigenvalue weighted by Crippen LogP contribution is -2.27. The van der Waals surface area contributed by atoms with Crippen LogP contribution in [0.1, 0.15) is 16.1 Å². The minimum atomic E-state index is -0.293. The lowest BCUT2D eigenvalue weighted by molar-refractivity contribution is 0.0779. The van der Waals surface area contributed by atoms with Crippen LogP contribution in [0.25, 0.3) is 0 Å². The van der Waals surface area contributed by atoms with E-state index in [1.807, 2.05) is 30.3 Å². The highest BCUT2D eigenvalue weighted by molar-refractivity contribution is 5.93. The van der Waals surface area contributed by atoms with Gasteiger partial charge >= 0.3 is 0 Å². The molecule has 0 saturated heterocycles. The van der Waals surface area contributed by atoms with Crippen molar-refractivity contribution in [1.29, 1.82) is 0 Å². The van der Waals surface area contributed by atoms with Crippen LogP contribution in [0.2, 0.25) is 0 Å². The van der Waals surface area contributed by atoms with Crippen LogP contribution in [0.4, 0.5) is 15.8 Å². The number of hydrogen-bond donors (Lipinski definition) is 1. The van der Waals surface area contributed by atoms with Gasteiger partial charge < -0.3 is 10.2 Å². The van der Waals surface area contributed by atoms with Gasteiger partial charge in [-0.2, -0.15) is 0 Å². The van der Waals surface area contributed by atoms with Gasteiger partial charge in [0.15, 0.2) is 0 Å². The van der Waals surface area contributed by atoms with Crippen molar-refractivity contribution in [2.24, 2.45) is 0 Å². The summed E-state index contributed by atoms with van der Waals surface area (Å²) in [6, 6.07) is 19.3. The monoisotopic (exact) mass is 335 g/mol. The van der Waals surface area contributed by atoms with Gasteiger partial charge in [-0.3, -0.25) is 9.78 Å². The zero-order valence-electron chi connectivity index (χ0n) is 13.8. The van der Waals surface area contributed by atoms with Crippen molar-refractivity contribution in [2.45, 2.75) is 6.54 Å². The van der Waals surface area contributed by atoms with Crippen LogP contribution < -0.4 is 5.32 Å². The first kappa shape index (κ1) is 16.6. The Morgan fingerprint density at radius 2 is 1.76 bits per heavy atom. The minimum absolute atomic E-state index is 0.161. The summed E-state index contributed by atoms with van der Waals surface area (Å²) in [5, 5.41) is 3.14. The molecule has 5 heteroatoms. The molecule has 4 nitrogen and oxygen atoms in total. The first-order chi connectivity index (χ1) is 12.1. The summed E-state index contributed by atoms with van der Waals surface area (Å²) in [7, 11) is 1.75. The van der Waals surface area contributed by atoms with Crippen LogP contribution >= 0.6 is 0 Å². The number of carbonyl (C=O) groups is 1. The molecule has 2 aromatic carbocycles. The van der Waals surface area contributed by atoms with Crippen molar-refractivity contribution >= 4 is 17.3 Å². The number of nitrogens with one attached hydrogen (secondary N) is 1. The van der Waals surface area contributed by atoms with Gasteiger partial charge in [0.05, 0.1) is 0 Å². The SMILES string of the molecule is CN(Cc1ccccc1)C(=O)c1cc(Nc2ccc(F)cc2)ccn1. The van der Waals surface area contributed by atoms with Gasteiger partial charge in [0.2, 0.25) is 0 Å². The predicted octanol–water partition coefficient (Wildman–Crippen LogP) is 4.24. The molecular formula is C20H18FN3O. The van der Waals surface area contributed by atoms with E-state index < -0.39 is 0 Å². The second kappa shape index (κ2) is 7.57. The maximum absolute atomic E-state index is 13.0. The Morgan fingerprint density at radius 1 is 1.04 bits per heavy atom. The van der Waals surface area contributed by atoms with Crippen LogP contribution in [-0.2, 0) is 6.54 Å². The first-order valence-corrected chi connectivity index (χ1v) is 7.90. The van der Waals surface area contributed by atoms with E-state index in [0.717, 1.165) is 16.9 Å². The third kappa shape index (κ3) is 4.41. The third-order valence-electron chi connectivity index (χ3n) is 3.72. The quantitative estimate of drug-likeness (QED) is 0.759. The van der Waals surface area contributed by atoms with E-state index in [1.165, 1.54) is 12.1 Å². The second-order valence-electron chi connectivity index (χ2n) is 5.71. The molecule has 3 aromatic rings. The molecule has 0 spiro atoms. The number of rotatable bonds is 5. The van der Waals surface area contributed by atoms with E-state index in [1.54, 1.807) is 42.4 Å².